The van der Waals surface area contributed by atoms with Crippen LogP contribution in [0.2, 0.25) is 0 Å². The predicted molar refractivity (Wildman–Crippen MR) is 102 cm³/mol. The molecule has 0 unspecified atom stereocenters. The highest BCUT2D eigenvalue weighted by Crippen LogP contribution is 2.30. The van der Waals surface area contributed by atoms with Crippen molar-refractivity contribution in [3.8, 4) is 0 Å². The first-order valence-corrected chi connectivity index (χ1v) is 9.45. The number of pyridine rings is 1. The molecule has 0 spiro atoms. The summed E-state index contributed by atoms with van der Waals surface area (Å²) in [6, 6.07) is 3.32. The number of hydrogen-bond donors (Lipinski definition) is 1. The van der Waals surface area contributed by atoms with E-state index in [0.29, 0.717) is 29.9 Å². The second kappa shape index (κ2) is 6.43. The number of carbonyl (C=O) groups excluding carboxylic acids is 1. The third-order valence-electron chi connectivity index (χ3n) is 5.28. The van der Waals surface area contributed by atoms with E-state index >= 15 is 0 Å². The first kappa shape index (κ1) is 16.9. The first-order chi connectivity index (χ1) is 13.6. The predicted octanol–water partition coefficient (Wildman–Crippen LogP) is 1.96. The van der Waals surface area contributed by atoms with Gasteiger partial charge in [0.1, 0.15) is 11.4 Å². The van der Waals surface area contributed by atoms with Crippen molar-refractivity contribution in [1.82, 2.24) is 24.9 Å². The van der Waals surface area contributed by atoms with Crippen LogP contribution in [0.1, 0.15) is 35.8 Å². The lowest BCUT2D eigenvalue weighted by Crippen LogP contribution is -2.38. The highest BCUT2D eigenvalue weighted by atomic mass is 19.1. The first-order valence-electron chi connectivity index (χ1n) is 9.45. The molecule has 0 radical (unpaired) electrons. The lowest BCUT2D eigenvalue weighted by atomic mass is 10.1. The molecule has 3 aromatic heterocycles. The summed E-state index contributed by atoms with van der Waals surface area (Å²) in [5, 5.41) is 11.3. The van der Waals surface area contributed by atoms with Crippen LogP contribution in [0.25, 0.3) is 5.65 Å². The maximum atomic E-state index is 14.0. The molecule has 5 heterocycles. The van der Waals surface area contributed by atoms with Crippen LogP contribution in [-0.2, 0) is 6.42 Å². The Labute approximate surface area is 161 Å². The van der Waals surface area contributed by atoms with E-state index in [0.717, 1.165) is 30.9 Å². The number of nitrogens with zero attached hydrogens (tertiary/aromatic N) is 6. The van der Waals surface area contributed by atoms with Gasteiger partial charge in [-0.25, -0.2) is 13.9 Å². The van der Waals surface area contributed by atoms with Gasteiger partial charge < -0.3 is 5.32 Å². The molecule has 1 amide bonds. The number of fused-ring (bicyclic) bond motifs is 5. The van der Waals surface area contributed by atoms with Crippen molar-refractivity contribution in [3.63, 3.8) is 0 Å². The van der Waals surface area contributed by atoms with Crippen LogP contribution in [0.15, 0.2) is 30.7 Å². The second-order valence-corrected chi connectivity index (χ2v) is 7.24. The minimum atomic E-state index is -0.363. The van der Waals surface area contributed by atoms with Crippen molar-refractivity contribution in [2.45, 2.75) is 32.2 Å². The van der Waals surface area contributed by atoms with Gasteiger partial charge in [0, 0.05) is 37.5 Å². The number of aryl methyl sites for hydroxylation is 1. The smallest absolute Gasteiger partial charge is 0.256 e. The third-order valence-corrected chi connectivity index (χ3v) is 5.28. The Morgan fingerprint density at radius 2 is 2.11 bits per heavy atom. The minimum Gasteiger partial charge on any atom is -0.349 e. The summed E-state index contributed by atoms with van der Waals surface area (Å²) in [7, 11) is 0. The van der Waals surface area contributed by atoms with Crippen molar-refractivity contribution in [3.05, 3.63) is 47.8 Å². The molecule has 9 heteroatoms. The Bertz CT molecular complexity index is 1070. The number of hydrazine groups is 1. The molecule has 2 aliphatic heterocycles. The summed E-state index contributed by atoms with van der Waals surface area (Å²) in [6.45, 7) is 3.46. The molecule has 1 atom stereocenters. The average Bonchev–Trinajstić information content (AvgIpc) is 3.32. The molecule has 144 valence electrons. The number of hydrogen-bond acceptors (Lipinski definition) is 6. The molecule has 2 bridgehead atoms. The normalized spacial score (nSPS) is 19.6. The van der Waals surface area contributed by atoms with E-state index < -0.39 is 0 Å². The van der Waals surface area contributed by atoms with Crippen molar-refractivity contribution in [1.29, 1.82) is 0 Å². The molecule has 1 saturated heterocycles. The van der Waals surface area contributed by atoms with Crippen molar-refractivity contribution in [2.75, 3.05) is 23.1 Å². The monoisotopic (exact) mass is 381 g/mol. The zero-order valence-corrected chi connectivity index (χ0v) is 15.5. The van der Waals surface area contributed by atoms with Crippen molar-refractivity contribution < 1.29 is 9.18 Å². The van der Waals surface area contributed by atoms with E-state index in [1.807, 2.05) is 23.0 Å². The molecule has 8 nitrogen and oxygen atoms in total. The summed E-state index contributed by atoms with van der Waals surface area (Å²) in [5.74, 6) is 0.136. The summed E-state index contributed by atoms with van der Waals surface area (Å²) in [5.41, 5.74) is 2.52. The Balaban J connectivity index is 1.69. The zero-order valence-electron chi connectivity index (χ0n) is 15.5. The molecule has 0 aliphatic carbocycles. The van der Waals surface area contributed by atoms with E-state index in [2.05, 4.69) is 15.4 Å². The van der Waals surface area contributed by atoms with Gasteiger partial charge in [0.05, 0.1) is 23.8 Å². The fourth-order valence-electron chi connectivity index (χ4n) is 3.86. The Morgan fingerprint density at radius 1 is 1.25 bits per heavy atom. The molecular weight excluding hydrogens is 361 g/mol. The van der Waals surface area contributed by atoms with E-state index in [4.69, 9.17) is 4.98 Å². The van der Waals surface area contributed by atoms with Gasteiger partial charge in [-0.15, -0.1) is 0 Å². The van der Waals surface area contributed by atoms with Crippen LogP contribution in [0.5, 0.6) is 0 Å². The van der Waals surface area contributed by atoms with Crippen LogP contribution in [0.3, 0.4) is 0 Å². The summed E-state index contributed by atoms with van der Waals surface area (Å²) in [6.07, 6.45) is 6.84. The maximum Gasteiger partial charge on any atom is 0.256 e. The number of rotatable bonds is 0. The van der Waals surface area contributed by atoms with Crippen molar-refractivity contribution in [2.24, 2.45) is 0 Å². The van der Waals surface area contributed by atoms with Gasteiger partial charge in [-0.2, -0.15) is 5.10 Å². The molecule has 1 N–H and O–H groups in total. The number of nitrogens with one attached hydrogen (secondary N) is 1. The van der Waals surface area contributed by atoms with E-state index in [1.165, 1.54) is 12.3 Å². The standard InChI is InChI=1S/C19H20FN7O/c1-12-3-4-15-16(9-13(20)10-21-15)26-6-2-7-27(26)17-5-8-25-18(24-17)14(11-22-25)19(28)23-12/h5,8-12H,2-4,6-7H2,1H3,(H,23,28)/t12-/m1/s1. The topological polar surface area (TPSA) is 78.7 Å². The Morgan fingerprint density at radius 3 is 3.00 bits per heavy atom. The minimum absolute atomic E-state index is 0.0687. The zero-order chi connectivity index (χ0) is 19.3. The summed E-state index contributed by atoms with van der Waals surface area (Å²) in [4.78, 5) is 21.8. The quantitative estimate of drug-likeness (QED) is 0.641. The van der Waals surface area contributed by atoms with Crippen molar-refractivity contribution >= 4 is 23.1 Å². The molecule has 28 heavy (non-hydrogen) atoms. The molecule has 3 aromatic rings. The lowest BCUT2D eigenvalue weighted by molar-refractivity contribution is 0.0940. The van der Waals surface area contributed by atoms with Gasteiger partial charge in [-0.3, -0.25) is 19.8 Å². The summed E-state index contributed by atoms with van der Waals surface area (Å²) < 4.78 is 15.6. The average molecular weight is 381 g/mol. The third kappa shape index (κ3) is 2.74. The largest absolute Gasteiger partial charge is 0.349 e. The molecule has 0 saturated carbocycles. The number of aromatic nitrogens is 4. The highest BCUT2D eigenvalue weighted by Gasteiger charge is 2.28. The fraction of sp³-hybridized carbons (Fsp3) is 0.368. The molecular formula is C19H20FN7O. The Hall–Kier alpha value is -3.23. The van der Waals surface area contributed by atoms with E-state index in [9.17, 15) is 9.18 Å². The Kier molecular flexibility index (Phi) is 3.88. The number of carbonyl (C=O) groups is 1. The highest BCUT2D eigenvalue weighted by molar-refractivity contribution is 5.99. The molecule has 0 aromatic carbocycles. The van der Waals surface area contributed by atoms with E-state index in [1.54, 1.807) is 16.9 Å². The second-order valence-electron chi connectivity index (χ2n) is 7.24. The van der Waals surface area contributed by atoms with Crippen LogP contribution in [0.4, 0.5) is 15.9 Å². The van der Waals surface area contributed by atoms with Crippen LogP contribution >= 0.6 is 0 Å². The van der Waals surface area contributed by atoms with Gasteiger partial charge in [-0.1, -0.05) is 0 Å². The molecule has 1 fully saturated rings. The van der Waals surface area contributed by atoms with Crippen LogP contribution < -0.4 is 15.3 Å². The van der Waals surface area contributed by atoms with Gasteiger partial charge in [0.2, 0.25) is 0 Å². The van der Waals surface area contributed by atoms with Gasteiger partial charge in [0.25, 0.3) is 5.91 Å². The van der Waals surface area contributed by atoms with E-state index in [-0.39, 0.29) is 17.8 Å². The number of amides is 1. The maximum absolute atomic E-state index is 14.0. The van der Waals surface area contributed by atoms with Gasteiger partial charge >= 0.3 is 0 Å². The summed E-state index contributed by atoms with van der Waals surface area (Å²) >= 11 is 0. The SMILES string of the molecule is C[C@@H]1CCc2ncc(F)cc2N2CCCN2c2ccn3ncc(c3n2)C(=O)N1. The molecule has 5 rings (SSSR count). The van der Waals surface area contributed by atoms with Gasteiger partial charge in [0.15, 0.2) is 11.5 Å². The molecule has 2 aliphatic rings. The number of halogens is 1. The lowest BCUT2D eigenvalue weighted by Gasteiger charge is -2.31. The van der Waals surface area contributed by atoms with Crippen LogP contribution in [-0.4, -0.2) is 44.6 Å². The fourth-order valence-corrected chi connectivity index (χ4v) is 3.86. The number of anilines is 2. The van der Waals surface area contributed by atoms with Gasteiger partial charge in [-0.05, 0) is 26.2 Å². The van der Waals surface area contributed by atoms with Crippen LogP contribution in [0, 0.1) is 5.82 Å².